The number of nitrogens with zero attached hydrogens (tertiary/aromatic N) is 1. The van der Waals surface area contributed by atoms with E-state index in [1.54, 1.807) is 7.05 Å². The Bertz CT molecular complexity index is 280. The number of hydrogen-bond acceptors (Lipinski definition) is 3. The van der Waals surface area contributed by atoms with Gasteiger partial charge < -0.3 is 5.73 Å². The first-order valence-corrected chi connectivity index (χ1v) is 7.22. The first-order valence-electron chi connectivity index (χ1n) is 5.78. The van der Waals surface area contributed by atoms with Crippen LogP contribution in [0.1, 0.15) is 33.6 Å². The van der Waals surface area contributed by atoms with Gasteiger partial charge in [0.2, 0.25) is 0 Å². The molecule has 0 fully saturated rings. The van der Waals surface area contributed by atoms with Crippen LogP contribution in [0.5, 0.6) is 0 Å². The summed E-state index contributed by atoms with van der Waals surface area (Å²) < 4.78 is 27.7. The van der Waals surface area contributed by atoms with Gasteiger partial charge in [-0.2, -0.15) is 17.4 Å². The Kier molecular flexibility index (Phi) is 7.14. The summed E-state index contributed by atoms with van der Waals surface area (Å²) in [5.74, 6) is 0.331. The summed E-state index contributed by atoms with van der Waals surface area (Å²) >= 11 is 0. The summed E-state index contributed by atoms with van der Waals surface area (Å²) in [6.07, 6.45) is 1.63. The van der Waals surface area contributed by atoms with Crippen LogP contribution in [-0.2, 0) is 10.2 Å². The van der Waals surface area contributed by atoms with Crippen molar-refractivity contribution in [1.29, 1.82) is 0 Å². The van der Waals surface area contributed by atoms with Gasteiger partial charge >= 0.3 is 0 Å². The highest BCUT2D eigenvalue weighted by Gasteiger charge is 2.21. The molecule has 0 saturated heterocycles. The minimum atomic E-state index is -3.36. The molecule has 0 radical (unpaired) electrons. The molecule has 0 aromatic rings. The molecule has 3 N–H and O–H groups in total. The number of rotatable bonds is 8. The lowest BCUT2D eigenvalue weighted by molar-refractivity contribution is 0.402. The quantitative estimate of drug-likeness (QED) is 0.661. The molecule has 0 bridgehead atoms. The fourth-order valence-corrected chi connectivity index (χ4v) is 2.48. The molecular weight excluding hydrogens is 226 g/mol. The molecule has 5 nitrogen and oxygen atoms in total. The molecule has 0 rings (SSSR count). The fraction of sp³-hybridized carbons (Fsp3) is 1.00. The average Bonchev–Trinajstić information content (AvgIpc) is 2.23. The maximum atomic E-state index is 11.8. The van der Waals surface area contributed by atoms with Gasteiger partial charge in [0.25, 0.3) is 10.2 Å². The van der Waals surface area contributed by atoms with E-state index in [0.29, 0.717) is 25.4 Å². The maximum absolute atomic E-state index is 11.8. The molecule has 0 aliphatic carbocycles. The molecule has 0 amide bonds. The van der Waals surface area contributed by atoms with Crippen LogP contribution in [0.25, 0.3) is 0 Å². The van der Waals surface area contributed by atoms with E-state index >= 15 is 0 Å². The maximum Gasteiger partial charge on any atom is 0.279 e. The van der Waals surface area contributed by atoms with Gasteiger partial charge in [-0.3, -0.25) is 0 Å². The van der Waals surface area contributed by atoms with Gasteiger partial charge in [0.05, 0.1) is 0 Å². The van der Waals surface area contributed by atoms with E-state index in [-0.39, 0.29) is 6.04 Å². The Hall–Kier alpha value is -0.170. The van der Waals surface area contributed by atoms with Crippen LogP contribution in [0.4, 0.5) is 0 Å². The molecule has 0 spiro atoms. The summed E-state index contributed by atoms with van der Waals surface area (Å²) in [6.45, 7) is 6.93. The van der Waals surface area contributed by atoms with Gasteiger partial charge in [0.1, 0.15) is 0 Å². The third-order valence-electron chi connectivity index (χ3n) is 2.92. The Morgan fingerprint density at radius 3 is 2.38 bits per heavy atom. The van der Waals surface area contributed by atoms with Crippen molar-refractivity contribution in [2.75, 3.05) is 20.1 Å². The minimum Gasteiger partial charge on any atom is -0.330 e. The highest BCUT2D eigenvalue weighted by Crippen LogP contribution is 2.09. The molecule has 0 aliphatic rings. The van der Waals surface area contributed by atoms with Gasteiger partial charge in [-0.15, -0.1) is 0 Å². The van der Waals surface area contributed by atoms with Crippen molar-refractivity contribution in [2.45, 2.75) is 39.7 Å². The summed E-state index contributed by atoms with van der Waals surface area (Å²) in [5.41, 5.74) is 5.35. The number of nitrogens with one attached hydrogen (secondary N) is 1. The summed E-state index contributed by atoms with van der Waals surface area (Å²) in [7, 11) is -1.79. The van der Waals surface area contributed by atoms with E-state index in [4.69, 9.17) is 5.73 Å². The van der Waals surface area contributed by atoms with Crippen molar-refractivity contribution in [3.8, 4) is 0 Å². The van der Waals surface area contributed by atoms with E-state index in [1.807, 2.05) is 20.8 Å². The SMILES string of the molecule is CCC(C)C(C)NS(=O)(=O)N(C)CCCN. The Morgan fingerprint density at radius 2 is 1.94 bits per heavy atom. The highest BCUT2D eigenvalue weighted by molar-refractivity contribution is 7.87. The summed E-state index contributed by atoms with van der Waals surface area (Å²) in [5, 5.41) is 0. The Balaban J connectivity index is 4.33. The van der Waals surface area contributed by atoms with E-state index in [0.717, 1.165) is 6.42 Å². The van der Waals surface area contributed by atoms with Crippen LogP contribution in [0.2, 0.25) is 0 Å². The first kappa shape index (κ1) is 15.8. The number of nitrogens with two attached hydrogens (primary N) is 1. The van der Waals surface area contributed by atoms with Crippen molar-refractivity contribution in [1.82, 2.24) is 9.03 Å². The van der Waals surface area contributed by atoms with E-state index in [9.17, 15) is 8.42 Å². The second-order valence-corrected chi connectivity index (χ2v) is 6.07. The van der Waals surface area contributed by atoms with Crippen molar-refractivity contribution >= 4 is 10.2 Å². The van der Waals surface area contributed by atoms with Crippen molar-refractivity contribution in [3.63, 3.8) is 0 Å². The monoisotopic (exact) mass is 251 g/mol. The molecule has 0 aromatic carbocycles. The third kappa shape index (κ3) is 5.25. The van der Waals surface area contributed by atoms with Gasteiger partial charge in [-0.25, -0.2) is 0 Å². The predicted molar refractivity (Wildman–Crippen MR) is 67.3 cm³/mol. The van der Waals surface area contributed by atoms with Crippen molar-refractivity contribution < 1.29 is 8.42 Å². The lowest BCUT2D eigenvalue weighted by Crippen LogP contribution is -2.45. The lowest BCUT2D eigenvalue weighted by atomic mass is 10.0. The van der Waals surface area contributed by atoms with Crippen LogP contribution in [0, 0.1) is 5.92 Å². The summed E-state index contributed by atoms with van der Waals surface area (Å²) in [4.78, 5) is 0. The molecule has 0 saturated carbocycles. The predicted octanol–water partition coefficient (Wildman–Crippen LogP) is 0.536. The molecule has 98 valence electrons. The zero-order valence-electron chi connectivity index (χ0n) is 10.7. The van der Waals surface area contributed by atoms with Crippen LogP contribution in [-0.4, -0.2) is 38.9 Å². The van der Waals surface area contributed by atoms with Crippen LogP contribution in [0.3, 0.4) is 0 Å². The van der Waals surface area contributed by atoms with Gasteiger partial charge in [0, 0.05) is 19.6 Å². The molecule has 16 heavy (non-hydrogen) atoms. The number of hydrogen-bond donors (Lipinski definition) is 2. The topological polar surface area (TPSA) is 75.4 Å². The summed E-state index contributed by atoms with van der Waals surface area (Å²) in [6, 6.07) is -0.0460. The normalized spacial score (nSPS) is 16.4. The Morgan fingerprint density at radius 1 is 1.38 bits per heavy atom. The Labute approximate surface area is 99.6 Å². The van der Waals surface area contributed by atoms with Gasteiger partial charge in [-0.1, -0.05) is 20.3 Å². The van der Waals surface area contributed by atoms with Crippen molar-refractivity contribution in [3.05, 3.63) is 0 Å². The minimum absolute atomic E-state index is 0.0460. The molecule has 0 heterocycles. The van der Waals surface area contributed by atoms with Crippen molar-refractivity contribution in [2.24, 2.45) is 11.7 Å². The second kappa shape index (κ2) is 7.21. The third-order valence-corrected chi connectivity index (χ3v) is 4.59. The first-order chi connectivity index (χ1) is 7.35. The molecule has 2 atom stereocenters. The van der Waals surface area contributed by atoms with E-state index < -0.39 is 10.2 Å². The zero-order valence-corrected chi connectivity index (χ0v) is 11.5. The smallest absolute Gasteiger partial charge is 0.279 e. The molecule has 0 aliphatic heterocycles. The van der Waals surface area contributed by atoms with Crippen LogP contribution in [0.15, 0.2) is 0 Å². The van der Waals surface area contributed by atoms with E-state index in [1.165, 1.54) is 4.31 Å². The van der Waals surface area contributed by atoms with Crippen LogP contribution < -0.4 is 10.5 Å². The van der Waals surface area contributed by atoms with Gasteiger partial charge in [0.15, 0.2) is 0 Å². The molecule has 2 unspecified atom stereocenters. The van der Waals surface area contributed by atoms with Gasteiger partial charge in [-0.05, 0) is 25.8 Å². The van der Waals surface area contributed by atoms with Crippen LogP contribution >= 0.6 is 0 Å². The lowest BCUT2D eigenvalue weighted by Gasteiger charge is -2.24. The van der Waals surface area contributed by atoms with E-state index in [2.05, 4.69) is 4.72 Å². The highest BCUT2D eigenvalue weighted by atomic mass is 32.2. The largest absolute Gasteiger partial charge is 0.330 e. The molecular formula is C10H25N3O2S. The standard InChI is InChI=1S/C10H25N3O2S/c1-5-9(2)10(3)12-16(14,15)13(4)8-6-7-11/h9-10,12H,5-8,11H2,1-4H3. The molecule has 6 heteroatoms. The molecule has 0 aromatic heterocycles. The average molecular weight is 251 g/mol. The second-order valence-electron chi connectivity index (χ2n) is 4.26. The zero-order chi connectivity index (χ0) is 12.8. The fourth-order valence-electron chi connectivity index (χ4n) is 1.23.